The largest absolute Gasteiger partial charge is 0.304 e. The van der Waals surface area contributed by atoms with Gasteiger partial charge in [-0.25, -0.2) is 13.1 Å². The molecule has 33 heavy (non-hydrogen) atoms. The van der Waals surface area contributed by atoms with Crippen molar-refractivity contribution in [3.8, 4) is 0 Å². The molecule has 1 saturated heterocycles. The third-order valence-electron chi connectivity index (χ3n) is 6.15. The molecule has 1 aliphatic heterocycles. The summed E-state index contributed by atoms with van der Waals surface area (Å²) in [6.45, 7) is 9.35. The average molecular weight is 486 g/mol. The van der Waals surface area contributed by atoms with Gasteiger partial charge in [0.15, 0.2) is 4.77 Å². The molecule has 7 nitrogen and oxygen atoms in total. The minimum absolute atomic E-state index is 0.408. The monoisotopic (exact) mass is 485 g/mol. The fourth-order valence-corrected chi connectivity index (χ4v) is 6.29. The molecule has 0 unspecified atom stereocenters. The van der Waals surface area contributed by atoms with Crippen molar-refractivity contribution in [1.29, 1.82) is 0 Å². The third-order valence-corrected chi connectivity index (χ3v) is 8.62. The lowest BCUT2D eigenvalue weighted by Gasteiger charge is -2.34. The van der Waals surface area contributed by atoms with Crippen LogP contribution in [0, 0.1) is 18.6 Å². The van der Waals surface area contributed by atoms with E-state index in [1.807, 2.05) is 48.9 Å². The van der Waals surface area contributed by atoms with E-state index in [0.717, 1.165) is 29.9 Å². The molecule has 0 amide bonds. The smallest absolute Gasteiger partial charge is 0.243 e. The fourth-order valence-electron chi connectivity index (χ4n) is 4.23. The van der Waals surface area contributed by atoms with Gasteiger partial charge in [0.25, 0.3) is 0 Å². The van der Waals surface area contributed by atoms with Crippen LogP contribution in [0.3, 0.4) is 0 Å². The maximum Gasteiger partial charge on any atom is 0.243 e. The van der Waals surface area contributed by atoms with Gasteiger partial charge < -0.3 is 4.57 Å². The Morgan fingerprint density at radius 3 is 2.36 bits per heavy atom. The third kappa shape index (κ3) is 5.11. The highest BCUT2D eigenvalue weighted by molar-refractivity contribution is 7.89. The van der Waals surface area contributed by atoms with Crippen LogP contribution in [0.2, 0.25) is 0 Å². The molecule has 0 radical (unpaired) electrons. The first kappa shape index (κ1) is 23.8. The zero-order valence-electron chi connectivity index (χ0n) is 19.4. The van der Waals surface area contributed by atoms with Crippen LogP contribution in [0.1, 0.15) is 29.4 Å². The summed E-state index contributed by atoms with van der Waals surface area (Å²) in [4.78, 5) is 2.62. The van der Waals surface area contributed by atoms with Gasteiger partial charge in [0.05, 0.1) is 11.6 Å². The quantitative estimate of drug-likeness (QED) is 0.479. The maximum absolute atomic E-state index is 13.2. The molecule has 0 atom stereocenters. The molecule has 1 aromatic heterocycles. The summed E-state index contributed by atoms with van der Waals surface area (Å²) in [5.41, 5.74) is 2.93. The van der Waals surface area contributed by atoms with Gasteiger partial charge in [0, 0.05) is 39.1 Å². The fraction of sp³-hybridized carbons (Fsp3) is 0.417. The second kappa shape index (κ2) is 9.89. The van der Waals surface area contributed by atoms with Gasteiger partial charge in [-0.2, -0.15) is 9.40 Å². The molecule has 0 aliphatic carbocycles. The van der Waals surface area contributed by atoms with Crippen molar-refractivity contribution in [3.63, 3.8) is 0 Å². The maximum atomic E-state index is 13.2. The Kier molecular flexibility index (Phi) is 7.13. The van der Waals surface area contributed by atoms with E-state index in [9.17, 15) is 8.42 Å². The molecule has 9 heteroatoms. The van der Waals surface area contributed by atoms with E-state index in [4.69, 9.17) is 17.3 Å². The molecule has 1 aliphatic rings. The Labute approximate surface area is 201 Å². The van der Waals surface area contributed by atoms with Gasteiger partial charge in [0.2, 0.25) is 10.0 Å². The van der Waals surface area contributed by atoms with Gasteiger partial charge in [-0.1, -0.05) is 42.5 Å². The van der Waals surface area contributed by atoms with Gasteiger partial charge >= 0.3 is 0 Å². The number of aryl methyl sites for hydroxylation is 2. The molecular formula is C24H31N5O2S2. The summed E-state index contributed by atoms with van der Waals surface area (Å²) in [7, 11) is -3.50. The Morgan fingerprint density at radius 2 is 1.70 bits per heavy atom. The lowest BCUT2D eigenvalue weighted by Crippen LogP contribution is -2.49. The Balaban J connectivity index is 1.45. The zero-order valence-corrected chi connectivity index (χ0v) is 21.1. The Morgan fingerprint density at radius 1 is 1.00 bits per heavy atom. The molecule has 3 aromatic rings. The van der Waals surface area contributed by atoms with E-state index in [1.54, 1.807) is 10.4 Å². The highest BCUT2D eigenvalue weighted by atomic mass is 32.2. The van der Waals surface area contributed by atoms with Crippen molar-refractivity contribution in [2.24, 2.45) is 0 Å². The topological polar surface area (TPSA) is 63.4 Å². The first-order valence-corrected chi connectivity index (χ1v) is 13.1. The lowest BCUT2D eigenvalue weighted by molar-refractivity contribution is 0.144. The van der Waals surface area contributed by atoms with Crippen molar-refractivity contribution < 1.29 is 8.42 Å². The molecule has 176 valence electrons. The number of benzene rings is 2. The van der Waals surface area contributed by atoms with Crippen LogP contribution in [0.4, 0.5) is 0 Å². The van der Waals surface area contributed by atoms with E-state index < -0.39 is 10.0 Å². The van der Waals surface area contributed by atoms with Crippen molar-refractivity contribution in [2.75, 3.05) is 26.2 Å². The summed E-state index contributed by atoms with van der Waals surface area (Å²) in [6.07, 6.45) is 0.729. The second-order valence-corrected chi connectivity index (χ2v) is 10.8. The summed E-state index contributed by atoms with van der Waals surface area (Å²) in [5, 5.41) is 4.81. The molecule has 0 saturated carbocycles. The predicted molar refractivity (Wildman–Crippen MR) is 132 cm³/mol. The van der Waals surface area contributed by atoms with E-state index in [2.05, 4.69) is 28.5 Å². The first-order valence-electron chi connectivity index (χ1n) is 11.3. The summed E-state index contributed by atoms with van der Waals surface area (Å²) in [5.74, 6) is 0.949. The minimum atomic E-state index is -3.50. The number of sulfonamides is 1. The summed E-state index contributed by atoms with van der Waals surface area (Å²) >= 11 is 5.70. The number of aromatic nitrogens is 3. The van der Waals surface area contributed by atoms with Gasteiger partial charge in [-0.3, -0.25) is 4.90 Å². The van der Waals surface area contributed by atoms with Gasteiger partial charge in [-0.15, -0.1) is 0 Å². The van der Waals surface area contributed by atoms with Crippen LogP contribution in [-0.4, -0.2) is 58.1 Å². The predicted octanol–water partition coefficient (Wildman–Crippen LogP) is 3.61. The Bertz CT molecular complexity index is 1270. The van der Waals surface area contributed by atoms with Crippen LogP contribution in [0.15, 0.2) is 53.4 Å². The van der Waals surface area contributed by atoms with Crippen LogP contribution in [0.5, 0.6) is 0 Å². The van der Waals surface area contributed by atoms with Crippen LogP contribution in [0.25, 0.3) is 0 Å². The second-order valence-electron chi connectivity index (χ2n) is 8.54. The normalized spacial score (nSPS) is 15.7. The molecule has 0 bridgehead atoms. The molecule has 2 heterocycles. The Hall–Kier alpha value is -2.33. The highest BCUT2D eigenvalue weighted by Gasteiger charge is 2.30. The highest BCUT2D eigenvalue weighted by Crippen LogP contribution is 2.22. The van der Waals surface area contributed by atoms with Gasteiger partial charge in [-0.05, 0) is 55.7 Å². The summed E-state index contributed by atoms with van der Waals surface area (Å²) in [6, 6.07) is 15.8. The van der Waals surface area contributed by atoms with E-state index in [-0.39, 0.29) is 0 Å². The molecule has 2 aromatic carbocycles. The molecule has 0 spiro atoms. The standard InChI is InChI=1S/C24H31N5O2S2/c1-4-28-23(17-21-8-6-5-7-9-21)25-29(24(28)32)18-26-12-14-27(15-13-26)33(30,31)22-16-19(2)10-11-20(22)3/h5-11,16H,4,12-15,17-18H2,1-3H3. The number of nitrogens with zero attached hydrogens (tertiary/aromatic N) is 5. The van der Waals surface area contributed by atoms with Crippen LogP contribution < -0.4 is 0 Å². The minimum Gasteiger partial charge on any atom is -0.304 e. The molecule has 0 N–H and O–H groups in total. The first-order chi connectivity index (χ1) is 15.8. The van der Waals surface area contributed by atoms with Crippen LogP contribution in [-0.2, 0) is 29.7 Å². The van der Waals surface area contributed by atoms with E-state index in [1.165, 1.54) is 5.56 Å². The SMILES string of the molecule is CCn1c(Cc2ccccc2)nn(CN2CCN(S(=O)(=O)c3cc(C)ccc3C)CC2)c1=S. The zero-order chi connectivity index (χ0) is 23.6. The van der Waals surface area contributed by atoms with Crippen molar-refractivity contribution >= 4 is 22.2 Å². The van der Waals surface area contributed by atoms with E-state index >= 15 is 0 Å². The van der Waals surface area contributed by atoms with Crippen LogP contribution >= 0.6 is 12.2 Å². The number of hydrogen-bond acceptors (Lipinski definition) is 5. The number of rotatable bonds is 7. The molecular weight excluding hydrogens is 454 g/mol. The van der Waals surface area contributed by atoms with E-state index in [0.29, 0.717) is 42.5 Å². The van der Waals surface area contributed by atoms with Gasteiger partial charge in [0.1, 0.15) is 5.82 Å². The lowest BCUT2D eigenvalue weighted by atomic mass is 10.1. The van der Waals surface area contributed by atoms with Crippen molar-refractivity contribution in [1.82, 2.24) is 23.6 Å². The average Bonchev–Trinajstić information content (AvgIpc) is 3.10. The number of piperazine rings is 1. The number of hydrogen-bond donors (Lipinski definition) is 0. The summed E-state index contributed by atoms with van der Waals surface area (Å²) < 4.78 is 32.7. The molecule has 1 fully saturated rings. The van der Waals surface area contributed by atoms with Crippen molar-refractivity contribution in [2.45, 2.75) is 45.3 Å². The van der Waals surface area contributed by atoms with Crippen molar-refractivity contribution in [3.05, 3.63) is 75.8 Å². The molecule has 4 rings (SSSR count).